The largest absolute Gasteiger partial charge is 0.382 e. The number of hydrogen-bond acceptors (Lipinski definition) is 5. The molecule has 0 atom stereocenters. The van der Waals surface area contributed by atoms with E-state index in [0.717, 1.165) is 45.1 Å². The Bertz CT molecular complexity index is 702. The Morgan fingerprint density at radius 3 is 2.68 bits per heavy atom. The molecule has 0 unspecified atom stereocenters. The van der Waals surface area contributed by atoms with Gasteiger partial charge in [-0.25, -0.2) is 0 Å². The first-order valence-electron chi connectivity index (χ1n) is 8.27. The molecule has 7 heteroatoms. The van der Waals surface area contributed by atoms with Crippen molar-refractivity contribution in [2.24, 2.45) is 0 Å². The summed E-state index contributed by atoms with van der Waals surface area (Å²) in [7, 11) is 0. The zero-order chi connectivity index (χ0) is 17.5. The molecule has 132 valence electrons. The number of aromatic nitrogens is 1. The Hall–Kier alpha value is -2.15. The average molecular weight is 361 g/mol. The highest BCUT2D eigenvalue weighted by Crippen LogP contribution is 2.15. The van der Waals surface area contributed by atoms with Crippen LogP contribution in [-0.2, 0) is 4.74 Å². The predicted molar refractivity (Wildman–Crippen MR) is 99.4 cm³/mol. The van der Waals surface area contributed by atoms with Gasteiger partial charge in [-0.15, -0.1) is 0 Å². The maximum Gasteiger partial charge on any atom is 0.257 e. The molecule has 2 N–H and O–H groups in total. The number of pyridine rings is 1. The first-order chi connectivity index (χ1) is 12.2. The topological polar surface area (TPSA) is 66.5 Å². The fourth-order valence-electron chi connectivity index (χ4n) is 2.58. The molecule has 0 saturated carbocycles. The van der Waals surface area contributed by atoms with Crippen LogP contribution in [0.25, 0.3) is 0 Å². The molecule has 2 heterocycles. The van der Waals surface area contributed by atoms with Crippen molar-refractivity contribution in [3.8, 4) is 0 Å². The monoisotopic (exact) mass is 360 g/mol. The van der Waals surface area contributed by atoms with E-state index in [1.54, 1.807) is 42.7 Å². The van der Waals surface area contributed by atoms with Gasteiger partial charge in [0.1, 0.15) is 0 Å². The minimum atomic E-state index is -0.202. The van der Waals surface area contributed by atoms with E-state index in [-0.39, 0.29) is 5.91 Å². The molecule has 6 nitrogen and oxygen atoms in total. The van der Waals surface area contributed by atoms with E-state index in [1.165, 1.54) is 0 Å². The molecular weight excluding hydrogens is 340 g/mol. The van der Waals surface area contributed by atoms with E-state index < -0.39 is 0 Å². The summed E-state index contributed by atoms with van der Waals surface area (Å²) in [5, 5.41) is 6.78. The summed E-state index contributed by atoms with van der Waals surface area (Å²) < 4.78 is 5.34. The summed E-state index contributed by atoms with van der Waals surface area (Å²) in [5.41, 5.74) is 2.03. The number of amides is 1. The molecule has 0 bridgehead atoms. The first kappa shape index (κ1) is 17.7. The number of carbonyl (C=O) groups excluding carboxylic acids is 1. The summed E-state index contributed by atoms with van der Waals surface area (Å²) in [6, 6.07) is 8.80. The highest BCUT2D eigenvalue weighted by Gasteiger charge is 2.10. The Labute approximate surface area is 152 Å². The molecule has 2 aromatic rings. The normalized spacial score (nSPS) is 14.9. The van der Waals surface area contributed by atoms with Gasteiger partial charge in [-0.3, -0.25) is 14.7 Å². The minimum absolute atomic E-state index is 0.202. The van der Waals surface area contributed by atoms with Crippen LogP contribution in [0.5, 0.6) is 0 Å². The Morgan fingerprint density at radius 1 is 1.16 bits per heavy atom. The molecule has 1 aromatic carbocycles. The van der Waals surface area contributed by atoms with Crippen molar-refractivity contribution in [1.82, 2.24) is 9.88 Å². The molecule has 3 rings (SSSR count). The third-order valence-corrected chi connectivity index (χ3v) is 4.22. The first-order valence-corrected chi connectivity index (χ1v) is 8.64. The number of morpholine rings is 1. The molecule has 1 aliphatic heterocycles. The lowest BCUT2D eigenvalue weighted by atomic mass is 10.2. The summed E-state index contributed by atoms with van der Waals surface area (Å²) in [5.74, 6) is -0.202. The van der Waals surface area contributed by atoms with Gasteiger partial charge < -0.3 is 15.4 Å². The summed E-state index contributed by atoms with van der Waals surface area (Å²) in [6.45, 7) is 5.24. The van der Waals surface area contributed by atoms with Crippen molar-refractivity contribution < 1.29 is 9.53 Å². The van der Waals surface area contributed by atoms with Gasteiger partial charge in [0, 0.05) is 49.3 Å². The van der Waals surface area contributed by atoms with Crippen LogP contribution in [-0.4, -0.2) is 55.2 Å². The SMILES string of the molecule is O=C(Nc1ccc(Cl)cc1)c1cncc(NCCN2CCOCC2)c1. The molecule has 25 heavy (non-hydrogen) atoms. The lowest BCUT2D eigenvalue weighted by molar-refractivity contribution is 0.0398. The molecule has 0 spiro atoms. The summed E-state index contributed by atoms with van der Waals surface area (Å²) in [6.07, 6.45) is 3.27. The molecular formula is C18H21ClN4O2. The highest BCUT2D eigenvalue weighted by atomic mass is 35.5. The summed E-state index contributed by atoms with van der Waals surface area (Å²) >= 11 is 5.85. The second-order valence-electron chi connectivity index (χ2n) is 5.80. The van der Waals surface area contributed by atoms with Crippen LogP contribution in [0.4, 0.5) is 11.4 Å². The number of benzene rings is 1. The number of hydrogen-bond donors (Lipinski definition) is 2. The predicted octanol–water partition coefficient (Wildman–Crippen LogP) is 2.73. The van der Waals surface area contributed by atoms with Crippen LogP contribution in [0.1, 0.15) is 10.4 Å². The van der Waals surface area contributed by atoms with Crippen molar-refractivity contribution in [2.75, 3.05) is 50.0 Å². The molecule has 1 aromatic heterocycles. The number of rotatable bonds is 6. The van der Waals surface area contributed by atoms with Crippen LogP contribution in [0, 0.1) is 0 Å². The number of anilines is 2. The number of halogens is 1. The third kappa shape index (κ3) is 5.42. The molecule has 1 saturated heterocycles. The standard InChI is InChI=1S/C18H21ClN4O2/c19-15-1-3-16(4-2-15)22-18(24)14-11-17(13-20-12-14)21-5-6-23-7-9-25-10-8-23/h1-4,11-13,21H,5-10H2,(H,22,24). The van der Waals surface area contributed by atoms with Gasteiger partial charge >= 0.3 is 0 Å². The zero-order valence-electron chi connectivity index (χ0n) is 13.9. The molecule has 1 amide bonds. The Kier molecular flexibility index (Phi) is 6.22. The fourth-order valence-corrected chi connectivity index (χ4v) is 2.71. The minimum Gasteiger partial charge on any atom is -0.382 e. The number of carbonyl (C=O) groups is 1. The number of nitrogens with one attached hydrogen (secondary N) is 2. The smallest absolute Gasteiger partial charge is 0.257 e. The number of nitrogens with zero attached hydrogens (tertiary/aromatic N) is 2. The van der Waals surface area contributed by atoms with Gasteiger partial charge in [-0.1, -0.05) is 11.6 Å². The lowest BCUT2D eigenvalue weighted by Gasteiger charge is -2.26. The van der Waals surface area contributed by atoms with Gasteiger partial charge in [0.05, 0.1) is 24.5 Å². The van der Waals surface area contributed by atoms with E-state index in [4.69, 9.17) is 16.3 Å². The second kappa shape index (κ2) is 8.80. The molecule has 0 aliphatic carbocycles. The van der Waals surface area contributed by atoms with E-state index in [0.29, 0.717) is 16.3 Å². The van der Waals surface area contributed by atoms with E-state index in [2.05, 4.69) is 20.5 Å². The van der Waals surface area contributed by atoms with Gasteiger partial charge in [0.2, 0.25) is 0 Å². The maximum absolute atomic E-state index is 12.3. The van der Waals surface area contributed by atoms with Gasteiger partial charge in [0.15, 0.2) is 0 Å². The third-order valence-electron chi connectivity index (χ3n) is 3.96. The van der Waals surface area contributed by atoms with Crippen molar-refractivity contribution in [2.45, 2.75) is 0 Å². The quantitative estimate of drug-likeness (QED) is 0.829. The Morgan fingerprint density at radius 2 is 1.92 bits per heavy atom. The summed E-state index contributed by atoms with van der Waals surface area (Å²) in [4.78, 5) is 18.8. The van der Waals surface area contributed by atoms with Crippen molar-refractivity contribution in [3.63, 3.8) is 0 Å². The van der Waals surface area contributed by atoms with Crippen LogP contribution >= 0.6 is 11.6 Å². The molecule has 1 aliphatic rings. The van der Waals surface area contributed by atoms with E-state index in [1.807, 2.05) is 0 Å². The Balaban J connectivity index is 1.53. The highest BCUT2D eigenvalue weighted by molar-refractivity contribution is 6.30. The van der Waals surface area contributed by atoms with Crippen LogP contribution in [0.15, 0.2) is 42.7 Å². The van der Waals surface area contributed by atoms with Gasteiger partial charge in [-0.05, 0) is 30.3 Å². The van der Waals surface area contributed by atoms with Crippen LogP contribution in [0.2, 0.25) is 5.02 Å². The van der Waals surface area contributed by atoms with Crippen LogP contribution in [0.3, 0.4) is 0 Å². The van der Waals surface area contributed by atoms with E-state index >= 15 is 0 Å². The zero-order valence-corrected chi connectivity index (χ0v) is 14.6. The second-order valence-corrected chi connectivity index (χ2v) is 6.24. The van der Waals surface area contributed by atoms with Crippen molar-refractivity contribution >= 4 is 28.9 Å². The average Bonchev–Trinajstić information content (AvgIpc) is 2.65. The molecule has 1 fully saturated rings. The van der Waals surface area contributed by atoms with Gasteiger partial charge in [-0.2, -0.15) is 0 Å². The molecule has 0 radical (unpaired) electrons. The number of ether oxygens (including phenoxy) is 1. The fraction of sp³-hybridized carbons (Fsp3) is 0.333. The van der Waals surface area contributed by atoms with Crippen molar-refractivity contribution in [1.29, 1.82) is 0 Å². The van der Waals surface area contributed by atoms with Gasteiger partial charge in [0.25, 0.3) is 5.91 Å². The van der Waals surface area contributed by atoms with Crippen LogP contribution < -0.4 is 10.6 Å². The van der Waals surface area contributed by atoms with E-state index in [9.17, 15) is 4.79 Å². The van der Waals surface area contributed by atoms with Crippen molar-refractivity contribution in [3.05, 3.63) is 53.3 Å². The lowest BCUT2D eigenvalue weighted by Crippen LogP contribution is -2.39. The maximum atomic E-state index is 12.3.